The van der Waals surface area contributed by atoms with E-state index in [1.807, 2.05) is 24.3 Å². The van der Waals surface area contributed by atoms with Gasteiger partial charge in [-0.15, -0.1) is 0 Å². The van der Waals surface area contributed by atoms with Crippen LogP contribution in [0.25, 0.3) is 22.3 Å². The first-order chi connectivity index (χ1) is 14.0. The highest BCUT2D eigenvalue weighted by Crippen LogP contribution is 2.34. The first-order valence-corrected chi connectivity index (χ1v) is 9.79. The van der Waals surface area contributed by atoms with E-state index in [-0.39, 0.29) is 17.5 Å². The van der Waals surface area contributed by atoms with Crippen LogP contribution in [0.5, 0.6) is 0 Å². The van der Waals surface area contributed by atoms with Crippen molar-refractivity contribution in [2.45, 2.75) is 39.5 Å². The molecule has 0 saturated heterocycles. The maximum Gasteiger partial charge on any atom is 0.267 e. The average molecular weight is 396 g/mol. The zero-order valence-corrected chi connectivity index (χ0v) is 16.5. The van der Waals surface area contributed by atoms with Crippen molar-refractivity contribution in [1.82, 2.24) is 0 Å². The molecule has 0 atom stereocenters. The molecule has 0 fully saturated rings. The first kappa shape index (κ1) is 20.8. The van der Waals surface area contributed by atoms with Crippen molar-refractivity contribution < 1.29 is 18.0 Å². The van der Waals surface area contributed by atoms with Gasteiger partial charge in [-0.1, -0.05) is 80.9 Å². The Bertz CT molecular complexity index is 990. The number of alkyl halides is 2. The Morgan fingerprint density at radius 2 is 1.38 bits per heavy atom. The second-order valence-electron chi connectivity index (χ2n) is 6.99. The Morgan fingerprint density at radius 3 is 1.90 bits per heavy atom. The van der Waals surface area contributed by atoms with Crippen molar-refractivity contribution in [2.75, 3.05) is 0 Å². The number of aryl methyl sites for hydroxylation is 1. The van der Waals surface area contributed by atoms with Crippen LogP contribution in [-0.4, -0.2) is 5.78 Å². The minimum absolute atomic E-state index is 0.0459. The molecule has 29 heavy (non-hydrogen) atoms. The summed E-state index contributed by atoms with van der Waals surface area (Å²) in [5.41, 5.74) is 2.77. The summed E-state index contributed by atoms with van der Waals surface area (Å²) in [6, 6.07) is 18.1. The molecule has 0 aliphatic heterocycles. The maximum absolute atomic E-state index is 14.9. The van der Waals surface area contributed by atoms with E-state index < -0.39 is 23.6 Å². The highest BCUT2D eigenvalue weighted by atomic mass is 19.3. The average Bonchev–Trinajstić information content (AvgIpc) is 2.73. The summed E-state index contributed by atoms with van der Waals surface area (Å²) in [5, 5.41) is 0. The quantitative estimate of drug-likeness (QED) is 0.375. The monoisotopic (exact) mass is 396 g/mol. The van der Waals surface area contributed by atoms with Crippen LogP contribution in [0.1, 0.15) is 54.6 Å². The van der Waals surface area contributed by atoms with Crippen molar-refractivity contribution in [3.05, 3.63) is 83.2 Å². The van der Waals surface area contributed by atoms with Crippen LogP contribution in [0.4, 0.5) is 13.2 Å². The Balaban J connectivity index is 1.95. The van der Waals surface area contributed by atoms with Gasteiger partial charge in [-0.2, -0.15) is 0 Å². The van der Waals surface area contributed by atoms with Crippen molar-refractivity contribution >= 4 is 5.78 Å². The standard InChI is InChI=1S/C25H23F3O/c1-3-5-16-6-8-17(9-7-16)18-10-12-19(13-11-18)20-14-15-21(22(29)4-2)23(24(20)26)25(27)28/h6-15,25H,3-5H2,1-2H3. The molecule has 0 unspecified atom stereocenters. The van der Waals surface area contributed by atoms with Crippen molar-refractivity contribution in [3.8, 4) is 22.3 Å². The minimum atomic E-state index is -3.05. The topological polar surface area (TPSA) is 17.1 Å². The van der Waals surface area contributed by atoms with Crippen molar-refractivity contribution in [3.63, 3.8) is 0 Å². The lowest BCUT2D eigenvalue weighted by atomic mass is 9.94. The molecule has 3 aromatic carbocycles. The van der Waals surface area contributed by atoms with Gasteiger partial charge in [-0.05, 0) is 28.7 Å². The third kappa shape index (κ3) is 4.42. The van der Waals surface area contributed by atoms with Gasteiger partial charge in [0, 0.05) is 17.5 Å². The molecule has 1 nitrogen and oxygen atoms in total. The van der Waals surface area contributed by atoms with Crippen LogP contribution in [-0.2, 0) is 6.42 Å². The van der Waals surface area contributed by atoms with Crippen molar-refractivity contribution in [1.29, 1.82) is 0 Å². The van der Waals surface area contributed by atoms with E-state index in [4.69, 9.17) is 0 Å². The molecule has 0 saturated carbocycles. The second-order valence-corrected chi connectivity index (χ2v) is 6.99. The summed E-state index contributed by atoms with van der Waals surface area (Å²) in [6.45, 7) is 3.70. The summed E-state index contributed by atoms with van der Waals surface area (Å²) in [5.74, 6) is -1.52. The van der Waals surface area contributed by atoms with E-state index in [9.17, 15) is 18.0 Å². The number of carbonyl (C=O) groups is 1. The highest BCUT2D eigenvalue weighted by Gasteiger charge is 2.24. The molecule has 4 heteroatoms. The molecule has 0 bridgehead atoms. The van der Waals surface area contributed by atoms with Gasteiger partial charge in [-0.25, -0.2) is 13.2 Å². The maximum atomic E-state index is 14.9. The Hall–Kier alpha value is -2.88. The Morgan fingerprint density at radius 1 is 0.828 bits per heavy atom. The molecule has 0 aliphatic carbocycles. The van der Waals surface area contributed by atoms with E-state index in [1.54, 1.807) is 19.1 Å². The molecule has 150 valence electrons. The number of carbonyl (C=O) groups excluding carboxylic acids is 1. The van der Waals surface area contributed by atoms with Gasteiger partial charge >= 0.3 is 0 Å². The van der Waals surface area contributed by atoms with E-state index in [0.717, 1.165) is 24.0 Å². The molecule has 0 heterocycles. The second kappa shape index (κ2) is 9.08. The lowest BCUT2D eigenvalue weighted by Gasteiger charge is -2.13. The molecule has 0 aliphatic rings. The van der Waals surface area contributed by atoms with Crippen LogP contribution < -0.4 is 0 Å². The Kier molecular flexibility index (Phi) is 6.53. The zero-order chi connectivity index (χ0) is 21.0. The smallest absolute Gasteiger partial charge is 0.267 e. The number of Topliss-reactive ketones (excluding diaryl/α,β-unsaturated/α-hetero) is 1. The summed E-state index contributed by atoms with van der Waals surface area (Å²) in [4.78, 5) is 11.9. The number of hydrogen-bond donors (Lipinski definition) is 0. The first-order valence-electron chi connectivity index (χ1n) is 9.79. The Labute approximate surface area is 169 Å². The largest absolute Gasteiger partial charge is 0.294 e. The minimum Gasteiger partial charge on any atom is -0.294 e. The summed E-state index contributed by atoms with van der Waals surface area (Å²) in [7, 11) is 0. The van der Waals surface area contributed by atoms with Crippen LogP contribution in [0, 0.1) is 5.82 Å². The van der Waals surface area contributed by atoms with E-state index in [0.29, 0.717) is 5.56 Å². The van der Waals surface area contributed by atoms with Crippen LogP contribution in [0.15, 0.2) is 60.7 Å². The molecule has 3 aromatic rings. The molecule has 0 radical (unpaired) electrons. The molecular formula is C25H23F3O. The fourth-order valence-electron chi connectivity index (χ4n) is 3.46. The summed E-state index contributed by atoms with van der Waals surface area (Å²) >= 11 is 0. The van der Waals surface area contributed by atoms with E-state index in [1.165, 1.54) is 17.7 Å². The van der Waals surface area contributed by atoms with Gasteiger partial charge in [-0.3, -0.25) is 4.79 Å². The third-order valence-electron chi connectivity index (χ3n) is 5.04. The van der Waals surface area contributed by atoms with Gasteiger partial charge in [0.15, 0.2) is 5.78 Å². The molecule has 0 N–H and O–H groups in total. The number of hydrogen-bond acceptors (Lipinski definition) is 1. The van der Waals surface area contributed by atoms with E-state index >= 15 is 0 Å². The third-order valence-corrected chi connectivity index (χ3v) is 5.04. The van der Waals surface area contributed by atoms with Gasteiger partial charge in [0.2, 0.25) is 0 Å². The molecule has 0 spiro atoms. The number of ketones is 1. The normalized spacial score (nSPS) is 11.1. The SMILES string of the molecule is CCCc1ccc(-c2ccc(-c3ccc(C(=O)CC)c(C(F)F)c3F)cc2)cc1. The predicted octanol–water partition coefficient (Wildman–Crippen LogP) is 7.64. The zero-order valence-electron chi connectivity index (χ0n) is 16.5. The number of benzene rings is 3. The lowest BCUT2D eigenvalue weighted by molar-refractivity contribution is 0.0971. The van der Waals surface area contributed by atoms with Gasteiger partial charge in [0.05, 0.1) is 5.56 Å². The molecule has 0 aromatic heterocycles. The fourth-order valence-corrected chi connectivity index (χ4v) is 3.46. The van der Waals surface area contributed by atoms with Crippen LogP contribution in [0.2, 0.25) is 0 Å². The van der Waals surface area contributed by atoms with Gasteiger partial charge in [0.1, 0.15) is 5.82 Å². The van der Waals surface area contributed by atoms with Gasteiger partial charge < -0.3 is 0 Å². The van der Waals surface area contributed by atoms with Crippen LogP contribution in [0.3, 0.4) is 0 Å². The summed E-state index contributed by atoms with van der Waals surface area (Å²) < 4.78 is 41.8. The number of rotatable bonds is 7. The molecular weight excluding hydrogens is 373 g/mol. The molecule has 0 amide bonds. The highest BCUT2D eigenvalue weighted by molar-refractivity contribution is 5.98. The fraction of sp³-hybridized carbons (Fsp3) is 0.240. The van der Waals surface area contributed by atoms with E-state index in [2.05, 4.69) is 19.1 Å². The predicted molar refractivity (Wildman–Crippen MR) is 111 cm³/mol. The van der Waals surface area contributed by atoms with Crippen molar-refractivity contribution in [2.24, 2.45) is 0 Å². The number of halogens is 3. The lowest BCUT2D eigenvalue weighted by Crippen LogP contribution is -2.07. The van der Waals surface area contributed by atoms with Gasteiger partial charge in [0.25, 0.3) is 6.43 Å². The van der Waals surface area contributed by atoms with Crippen LogP contribution >= 0.6 is 0 Å². The molecule has 3 rings (SSSR count). The summed E-state index contributed by atoms with van der Waals surface area (Å²) in [6.07, 6.45) is -0.893.